The summed E-state index contributed by atoms with van der Waals surface area (Å²) in [6.07, 6.45) is 6.47. The maximum Gasteiger partial charge on any atom is 0.314 e. The van der Waals surface area contributed by atoms with Gasteiger partial charge in [-0.3, -0.25) is 19.7 Å². The van der Waals surface area contributed by atoms with Crippen LogP contribution in [0.15, 0.2) is 42.2 Å². The number of benzene rings is 2. The molecular formula is C23H21NO6. The van der Waals surface area contributed by atoms with Gasteiger partial charge in [0, 0.05) is 18.2 Å². The number of allylic oxidation sites excluding steroid dienone is 1. The van der Waals surface area contributed by atoms with Crippen LogP contribution in [0.2, 0.25) is 0 Å². The second kappa shape index (κ2) is 8.10. The Morgan fingerprint density at radius 2 is 1.87 bits per heavy atom. The molecule has 0 spiro atoms. The highest BCUT2D eigenvalue weighted by Crippen LogP contribution is 2.38. The van der Waals surface area contributed by atoms with Crippen LogP contribution in [0.4, 0.5) is 5.69 Å². The second-order valence-electron chi connectivity index (χ2n) is 7.66. The summed E-state index contributed by atoms with van der Waals surface area (Å²) in [4.78, 5) is 35.5. The van der Waals surface area contributed by atoms with Gasteiger partial charge in [0.25, 0.3) is 5.69 Å². The Kier molecular flexibility index (Phi) is 5.35. The van der Waals surface area contributed by atoms with Crippen molar-refractivity contribution in [3.05, 3.63) is 69.0 Å². The van der Waals surface area contributed by atoms with Gasteiger partial charge in [-0.2, -0.15) is 0 Å². The third-order valence-corrected chi connectivity index (χ3v) is 5.50. The van der Waals surface area contributed by atoms with E-state index >= 15 is 0 Å². The molecule has 0 N–H and O–H groups in total. The fraction of sp³-hybridized carbons (Fsp3) is 0.304. The first-order chi connectivity index (χ1) is 14.4. The Balaban J connectivity index is 1.54. The molecule has 7 heteroatoms. The smallest absolute Gasteiger partial charge is 0.314 e. The summed E-state index contributed by atoms with van der Waals surface area (Å²) in [5.74, 6) is 0.252. The Morgan fingerprint density at radius 3 is 2.53 bits per heavy atom. The summed E-state index contributed by atoms with van der Waals surface area (Å²) >= 11 is 0. The van der Waals surface area contributed by atoms with Crippen LogP contribution in [-0.2, 0) is 4.79 Å². The summed E-state index contributed by atoms with van der Waals surface area (Å²) < 4.78 is 11.3. The first-order valence-corrected chi connectivity index (χ1v) is 9.97. The van der Waals surface area contributed by atoms with Crippen LogP contribution in [0.3, 0.4) is 0 Å². The zero-order chi connectivity index (χ0) is 21.3. The van der Waals surface area contributed by atoms with Gasteiger partial charge < -0.3 is 9.47 Å². The molecule has 30 heavy (non-hydrogen) atoms. The lowest BCUT2D eigenvalue weighted by atomic mass is 9.89. The van der Waals surface area contributed by atoms with Crippen molar-refractivity contribution < 1.29 is 24.0 Å². The van der Waals surface area contributed by atoms with E-state index in [9.17, 15) is 19.7 Å². The van der Waals surface area contributed by atoms with Crippen LogP contribution in [0, 0.1) is 23.0 Å². The topological polar surface area (TPSA) is 95.7 Å². The molecule has 7 nitrogen and oxygen atoms in total. The quantitative estimate of drug-likeness (QED) is 0.233. The van der Waals surface area contributed by atoms with E-state index in [2.05, 4.69) is 0 Å². The van der Waals surface area contributed by atoms with Crippen molar-refractivity contribution in [1.29, 1.82) is 0 Å². The molecule has 0 atom stereocenters. The van der Waals surface area contributed by atoms with Crippen molar-refractivity contribution >= 4 is 23.5 Å². The number of ketones is 1. The predicted molar refractivity (Wildman–Crippen MR) is 109 cm³/mol. The molecule has 1 fully saturated rings. The van der Waals surface area contributed by atoms with Gasteiger partial charge in [0.15, 0.2) is 5.76 Å². The molecule has 0 saturated heterocycles. The number of ether oxygens (including phenoxy) is 2. The Morgan fingerprint density at radius 1 is 1.17 bits per heavy atom. The summed E-state index contributed by atoms with van der Waals surface area (Å²) in [6, 6.07) is 9.08. The van der Waals surface area contributed by atoms with E-state index in [0.29, 0.717) is 28.2 Å². The van der Waals surface area contributed by atoms with E-state index < -0.39 is 4.92 Å². The van der Waals surface area contributed by atoms with Crippen molar-refractivity contribution in [1.82, 2.24) is 0 Å². The van der Waals surface area contributed by atoms with Crippen LogP contribution in [0.5, 0.6) is 11.5 Å². The highest BCUT2D eigenvalue weighted by molar-refractivity contribution is 6.15. The number of Topliss-reactive ketones (excluding diaryl/α,β-unsaturated/α-hetero) is 1. The molecule has 0 aromatic heterocycles. The molecule has 1 aliphatic heterocycles. The fourth-order valence-electron chi connectivity index (χ4n) is 3.92. The number of rotatable bonds is 4. The zero-order valence-electron chi connectivity index (χ0n) is 16.6. The molecule has 2 aliphatic rings. The Bertz CT molecular complexity index is 1050. The van der Waals surface area contributed by atoms with Crippen LogP contribution < -0.4 is 9.47 Å². The van der Waals surface area contributed by atoms with E-state index in [4.69, 9.17) is 9.47 Å². The molecule has 0 amide bonds. The molecule has 2 aromatic carbocycles. The number of carbonyl (C=O) groups is 2. The molecule has 1 heterocycles. The van der Waals surface area contributed by atoms with E-state index in [-0.39, 0.29) is 29.1 Å². The standard InChI is InChI=1S/C23H21NO6/c1-14-11-18(29-23(26)16-5-3-2-4-6-16)13-19-21(14)22(25)20(30-19)12-15-7-9-17(10-8-15)24(27)28/h7-13,16H,2-6H2,1H3/b20-12-. The number of nitro benzene ring substituents is 1. The number of aryl methyl sites for hydroxylation is 1. The summed E-state index contributed by atoms with van der Waals surface area (Å²) in [5, 5.41) is 10.8. The molecule has 2 aromatic rings. The molecule has 1 saturated carbocycles. The number of carbonyl (C=O) groups excluding carboxylic acids is 2. The Labute approximate surface area is 173 Å². The predicted octanol–water partition coefficient (Wildman–Crippen LogP) is 5.01. The van der Waals surface area contributed by atoms with E-state index in [1.807, 2.05) is 0 Å². The van der Waals surface area contributed by atoms with Crippen molar-refractivity contribution in [2.24, 2.45) is 5.92 Å². The van der Waals surface area contributed by atoms with Gasteiger partial charge in [-0.15, -0.1) is 0 Å². The first-order valence-electron chi connectivity index (χ1n) is 9.97. The van der Waals surface area contributed by atoms with Gasteiger partial charge in [-0.25, -0.2) is 0 Å². The number of nitro groups is 1. The zero-order valence-corrected chi connectivity index (χ0v) is 16.6. The number of nitrogens with zero attached hydrogens (tertiary/aromatic N) is 1. The maximum absolute atomic E-state index is 12.8. The van der Waals surface area contributed by atoms with Gasteiger partial charge in [0.05, 0.1) is 16.4 Å². The van der Waals surface area contributed by atoms with Crippen molar-refractivity contribution in [3.8, 4) is 11.5 Å². The number of hydrogen-bond acceptors (Lipinski definition) is 6. The average Bonchev–Trinajstić information content (AvgIpc) is 3.04. The third kappa shape index (κ3) is 3.96. The molecular weight excluding hydrogens is 386 g/mol. The molecule has 154 valence electrons. The SMILES string of the molecule is Cc1cc(OC(=O)C2CCCCC2)cc2c1C(=O)/C(=C/c1ccc([N+](=O)[O-])cc1)O2. The van der Waals surface area contributed by atoms with Crippen LogP contribution >= 0.6 is 0 Å². The minimum absolute atomic E-state index is 0.0284. The lowest BCUT2D eigenvalue weighted by molar-refractivity contribution is -0.384. The first kappa shape index (κ1) is 19.8. The minimum atomic E-state index is -0.483. The number of fused-ring (bicyclic) bond motifs is 1. The highest BCUT2D eigenvalue weighted by Gasteiger charge is 2.31. The van der Waals surface area contributed by atoms with Gasteiger partial charge >= 0.3 is 5.97 Å². The van der Waals surface area contributed by atoms with E-state index in [0.717, 1.165) is 32.1 Å². The normalized spacial score (nSPS) is 17.5. The third-order valence-electron chi connectivity index (χ3n) is 5.50. The summed E-state index contributed by atoms with van der Waals surface area (Å²) in [5.41, 5.74) is 1.68. The Hall–Kier alpha value is -3.48. The number of hydrogen-bond donors (Lipinski definition) is 0. The second-order valence-corrected chi connectivity index (χ2v) is 7.66. The van der Waals surface area contributed by atoms with Crippen molar-refractivity contribution in [2.75, 3.05) is 0 Å². The van der Waals surface area contributed by atoms with Crippen molar-refractivity contribution in [3.63, 3.8) is 0 Å². The number of non-ortho nitro benzene ring substituents is 1. The van der Waals surface area contributed by atoms with Gasteiger partial charge in [-0.1, -0.05) is 19.3 Å². The number of esters is 1. The summed E-state index contributed by atoms with van der Waals surface area (Å²) in [6.45, 7) is 1.77. The lowest BCUT2D eigenvalue weighted by Crippen LogP contribution is -2.22. The van der Waals surface area contributed by atoms with Crippen LogP contribution in [-0.4, -0.2) is 16.7 Å². The molecule has 0 unspecified atom stereocenters. The van der Waals surface area contributed by atoms with E-state index in [1.165, 1.54) is 12.1 Å². The van der Waals surface area contributed by atoms with Crippen molar-refractivity contribution in [2.45, 2.75) is 39.0 Å². The van der Waals surface area contributed by atoms with Crippen LogP contribution in [0.1, 0.15) is 53.6 Å². The lowest BCUT2D eigenvalue weighted by Gasteiger charge is -2.20. The van der Waals surface area contributed by atoms with Crippen LogP contribution in [0.25, 0.3) is 6.08 Å². The molecule has 1 aliphatic carbocycles. The molecule has 4 rings (SSSR count). The largest absolute Gasteiger partial charge is 0.452 e. The van der Waals surface area contributed by atoms with Gasteiger partial charge in [-0.05, 0) is 55.2 Å². The molecule has 0 bridgehead atoms. The molecule has 0 radical (unpaired) electrons. The maximum atomic E-state index is 12.8. The van der Waals surface area contributed by atoms with Gasteiger partial charge in [0.1, 0.15) is 11.5 Å². The highest BCUT2D eigenvalue weighted by atomic mass is 16.6. The van der Waals surface area contributed by atoms with Gasteiger partial charge in [0.2, 0.25) is 5.78 Å². The minimum Gasteiger partial charge on any atom is -0.452 e. The van der Waals surface area contributed by atoms with E-state index in [1.54, 1.807) is 37.3 Å². The fourth-order valence-corrected chi connectivity index (χ4v) is 3.92. The summed E-state index contributed by atoms with van der Waals surface area (Å²) in [7, 11) is 0. The monoisotopic (exact) mass is 407 g/mol. The average molecular weight is 407 g/mol.